The number of aryl methyl sites for hydroxylation is 1. The second-order valence-corrected chi connectivity index (χ2v) is 10.1. The van der Waals surface area contributed by atoms with Crippen LogP contribution in [0.5, 0.6) is 0 Å². The van der Waals surface area contributed by atoms with Crippen LogP contribution in [0, 0.1) is 0 Å². The number of benzene rings is 2. The first-order chi connectivity index (χ1) is 18.8. The van der Waals surface area contributed by atoms with Crippen LogP contribution in [0.2, 0.25) is 5.02 Å². The second kappa shape index (κ2) is 14.1. The Morgan fingerprint density at radius 1 is 0.925 bits per heavy atom. The Morgan fingerprint density at radius 2 is 1.55 bits per heavy atom. The Kier molecular flexibility index (Phi) is 10.9. The van der Waals surface area contributed by atoms with E-state index in [1.807, 2.05) is 23.6 Å². The fourth-order valence-electron chi connectivity index (χ4n) is 4.50. The van der Waals surface area contributed by atoms with Gasteiger partial charge in [0.05, 0.1) is 24.0 Å². The van der Waals surface area contributed by atoms with Gasteiger partial charge in [-0.15, -0.1) is 12.4 Å². The van der Waals surface area contributed by atoms with E-state index < -0.39 is 5.97 Å². The molecule has 2 heterocycles. The highest BCUT2D eigenvalue weighted by Crippen LogP contribution is 2.27. The number of aromatic carboxylic acids is 1. The van der Waals surface area contributed by atoms with Crippen LogP contribution in [0.4, 0.5) is 4.79 Å². The number of aromatic nitrogens is 2. The second-order valence-electron chi connectivity index (χ2n) is 9.63. The summed E-state index contributed by atoms with van der Waals surface area (Å²) < 4.78 is 2.03. The van der Waals surface area contributed by atoms with Crippen LogP contribution in [-0.4, -0.2) is 48.9 Å². The van der Waals surface area contributed by atoms with Crippen molar-refractivity contribution < 1.29 is 19.5 Å². The van der Waals surface area contributed by atoms with Crippen molar-refractivity contribution in [2.75, 3.05) is 6.54 Å². The molecule has 3 aromatic rings. The van der Waals surface area contributed by atoms with Gasteiger partial charge in [0.2, 0.25) is 0 Å². The Bertz CT molecular complexity index is 1370. The van der Waals surface area contributed by atoms with Gasteiger partial charge in [-0.2, -0.15) is 0 Å². The van der Waals surface area contributed by atoms with Gasteiger partial charge < -0.3 is 9.67 Å². The molecular weight excluding hydrogens is 551 g/mol. The summed E-state index contributed by atoms with van der Waals surface area (Å²) in [4.78, 5) is 45.7. The van der Waals surface area contributed by atoms with E-state index in [-0.39, 0.29) is 36.5 Å². The summed E-state index contributed by atoms with van der Waals surface area (Å²) in [5, 5.41) is 9.85. The fourth-order valence-corrected chi connectivity index (χ4v) is 4.63. The molecule has 1 aliphatic heterocycles. The number of urea groups is 1. The number of hydrogen-bond donors (Lipinski definition) is 1. The topological polar surface area (TPSA) is 95.7 Å². The first kappa shape index (κ1) is 30.9. The number of carboxylic acid groups (broad SMARTS) is 1. The number of nitrogens with zero attached hydrogens (tertiary/aromatic N) is 4. The molecule has 0 aliphatic carbocycles. The minimum Gasteiger partial charge on any atom is -0.478 e. The van der Waals surface area contributed by atoms with Crippen molar-refractivity contribution >= 4 is 48.0 Å². The monoisotopic (exact) mass is 584 g/mol. The highest BCUT2D eigenvalue weighted by molar-refractivity contribution is 6.30. The third kappa shape index (κ3) is 7.11. The van der Waals surface area contributed by atoms with Crippen molar-refractivity contribution in [1.29, 1.82) is 0 Å². The number of hydrogen-bond acceptors (Lipinski definition) is 4. The van der Waals surface area contributed by atoms with E-state index in [4.69, 9.17) is 11.6 Å². The number of carbonyl (C=O) groups is 3. The van der Waals surface area contributed by atoms with Crippen molar-refractivity contribution in [1.82, 2.24) is 19.4 Å². The quantitative estimate of drug-likeness (QED) is 0.190. The number of imidazole rings is 1. The van der Waals surface area contributed by atoms with Crippen molar-refractivity contribution in [2.45, 2.75) is 59.0 Å². The molecule has 1 saturated heterocycles. The van der Waals surface area contributed by atoms with E-state index in [1.54, 1.807) is 48.7 Å². The van der Waals surface area contributed by atoms with E-state index in [0.29, 0.717) is 29.5 Å². The average molecular weight is 586 g/mol. The molecule has 0 atom stereocenters. The zero-order chi connectivity index (χ0) is 27.9. The number of rotatable bonds is 12. The van der Waals surface area contributed by atoms with Gasteiger partial charge in [-0.3, -0.25) is 14.6 Å². The number of amides is 3. The standard InChI is InChI=1S/C30H33ClN4O4.ClH/c1-3-5-7-27-32-18-25(34(27)19-21-8-12-23(13-9-21)29(37)38)17-26-28(36)33(16-6-4-2)30(39)35(26)20-22-10-14-24(31)15-11-22;/h8-15,17-18H,3-7,16,19-20H2,1-2H3,(H,37,38);1H/b26-17-;. The Labute approximate surface area is 245 Å². The summed E-state index contributed by atoms with van der Waals surface area (Å²) in [7, 11) is 0. The third-order valence-electron chi connectivity index (χ3n) is 6.76. The lowest BCUT2D eigenvalue weighted by Crippen LogP contribution is -2.33. The first-order valence-electron chi connectivity index (χ1n) is 13.3. The average Bonchev–Trinajstić information content (AvgIpc) is 3.40. The number of imide groups is 1. The molecule has 4 rings (SSSR count). The minimum absolute atomic E-state index is 0. The highest BCUT2D eigenvalue weighted by atomic mass is 35.5. The normalized spacial score (nSPS) is 14.2. The molecule has 0 radical (unpaired) electrons. The van der Waals surface area contributed by atoms with Gasteiger partial charge in [-0.1, -0.05) is 62.6 Å². The summed E-state index contributed by atoms with van der Waals surface area (Å²) in [6, 6.07) is 13.6. The van der Waals surface area contributed by atoms with E-state index in [0.717, 1.165) is 49.1 Å². The highest BCUT2D eigenvalue weighted by Gasteiger charge is 2.40. The zero-order valence-electron chi connectivity index (χ0n) is 22.7. The van der Waals surface area contributed by atoms with Crippen LogP contribution in [0.1, 0.15) is 72.5 Å². The van der Waals surface area contributed by atoms with Crippen molar-refractivity contribution in [3.63, 3.8) is 0 Å². The number of unbranched alkanes of at least 4 members (excludes halogenated alkanes) is 2. The molecule has 3 amide bonds. The molecular formula is C30H34Cl2N4O4. The van der Waals surface area contributed by atoms with E-state index in [1.165, 1.54) is 9.80 Å². The molecule has 1 fully saturated rings. The van der Waals surface area contributed by atoms with Crippen LogP contribution in [0.3, 0.4) is 0 Å². The summed E-state index contributed by atoms with van der Waals surface area (Å²) >= 11 is 6.05. The van der Waals surface area contributed by atoms with Crippen molar-refractivity contribution in [3.05, 3.63) is 93.7 Å². The number of halogens is 2. The fraction of sp³-hybridized carbons (Fsp3) is 0.333. The molecule has 1 aromatic heterocycles. The Morgan fingerprint density at radius 3 is 2.17 bits per heavy atom. The van der Waals surface area contributed by atoms with Crippen LogP contribution in [0.25, 0.3) is 6.08 Å². The zero-order valence-corrected chi connectivity index (χ0v) is 24.2. The molecule has 0 saturated carbocycles. The summed E-state index contributed by atoms with van der Waals surface area (Å²) in [5.74, 6) is -0.429. The third-order valence-corrected chi connectivity index (χ3v) is 7.01. The van der Waals surface area contributed by atoms with Crippen LogP contribution >= 0.6 is 24.0 Å². The van der Waals surface area contributed by atoms with E-state index in [2.05, 4.69) is 11.9 Å². The predicted molar refractivity (Wildman–Crippen MR) is 158 cm³/mol. The molecule has 212 valence electrons. The lowest BCUT2D eigenvalue weighted by molar-refractivity contribution is -0.123. The van der Waals surface area contributed by atoms with Gasteiger partial charge in [0.25, 0.3) is 5.91 Å². The molecule has 0 spiro atoms. The van der Waals surface area contributed by atoms with Gasteiger partial charge in [-0.25, -0.2) is 14.6 Å². The lowest BCUT2D eigenvalue weighted by Gasteiger charge is -2.18. The smallest absolute Gasteiger partial charge is 0.335 e. The summed E-state index contributed by atoms with van der Waals surface area (Å²) in [6.07, 6.45) is 7.79. The van der Waals surface area contributed by atoms with Gasteiger partial charge in [0.1, 0.15) is 11.5 Å². The molecule has 1 aliphatic rings. The van der Waals surface area contributed by atoms with Crippen LogP contribution in [-0.2, 0) is 24.3 Å². The van der Waals surface area contributed by atoms with Gasteiger partial charge in [-0.05, 0) is 54.3 Å². The van der Waals surface area contributed by atoms with E-state index >= 15 is 0 Å². The molecule has 2 aromatic carbocycles. The van der Waals surface area contributed by atoms with Crippen molar-refractivity contribution in [3.8, 4) is 0 Å². The molecule has 0 bridgehead atoms. The summed E-state index contributed by atoms with van der Waals surface area (Å²) in [6.45, 7) is 5.19. The van der Waals surface area contributed by atoms with Crippen LogP contribution < -0.4 is 0 Å². The van der Waals surface area contributed by atoms with Gasteiger partial charge in [0, 0.05) is 24.5 Å². The number of carbonyl (C=O) groups excluding carboxylic acids is 2. The van der Waals surface area contributed by atoms with Gasteiger partial charge in [0.15, 0.2) is 0 Å². The lowest BCUT2D eigenvalue weighted by atomic mass is 10.1. The molecule has 0 unspecified atom stereocenters. The molecule has 8 nitrogen and oxygen atoms in total. The van der Waals surface area contributed by atoms with E-state index in [9.17, 15) is 19.5 Å². The maximum atomic E-state index is 13.5. The maximum absolute atomic E-state index is 13.5. The molecule has 1 N–H and O–H groups in total. The Balaban J connectivity index is 0.00000441. The maximum Gasteiger partial charge on any atom is 0.335 e. The predicted octanol–water partition coefficient (Wildman–Crippen LogP) is 6.65. The van der Waals surface area contributed by atoms with Gasteiger partial charge >= 0.3 is 12.0 Å². The van der Waals surface area contributed by atoms with Crippen LogP contribution in [0.15, 0.2) is 60.4 Å². The Hall–Kier alpha value is -3.62. The molecule has 40 heavy (non-hydrogen) atoms. The minimum atomic E-state index is -0.976. The first-order valence-corrected chi connectivity index (χ1v) is 13.7. The largest absolute Gasteiger partial charge is 0.478 e. The SMILES string of the molecule is CCCCc1ncc(/C=C2/C(=O)N(CCCC)C(=O)N2Cc2ccc(Cl)cc2)n1Cc1ccc(C(=O)O)cc1.Cl. The summed E-state index contributed by atoms with van der Waals surface area (Å²) in [5.41, 5.74) is 3.00. The van der Waals surface area contributed by atoms with Crippen molar-refractivity contribution in [2.24, 2.45) is 0 Å². The number of carboxylic acids is 1. The molecule has 10 heteroatoms.